The number of piperidine rings is 1. The second kappa shape index (κ2) is 11.2. The van der Waals surface area contributed by atoms with Crippen molar-refractivity contribution in [2.75, 3.05) is 13.1 Å². The Labute approximate surface area is 182 Å². The molecular weight excluding hydrogens is 372 g/mol. The van der Waals surface area contributed by atoms with Crippen LogP contribution in [0.4, 0.5) is 4.79 Å². The Balaban J connectivity index is 1.25. The molecule has 1 aromatic carbocycles. The number of amides is 1. The molecule has 30 heavy (non-hydrogen) atoms. The minimum atomic E-state index is -0.155. The Morgan fingerprint density at radius 1 is 0.867 bits per heavy atom. The largest absolute Gasteiger partial charge is 0.446 e. The third-order valence-electron chi connectivity index (χ3n) is 7.66. The van der Waals surface area contributed by atoms with E-state index in [1.54, 1.807) is 0 Å². The van der Waals surface area contributed by atoms with Gasteiger partial charge in [-0.15, -0.1) is 0 Å². The van der Waals surface area contributed by atoms with Gasteiger partial charge in [0.1, 0.15) is 6.10 Å². The summed E-state index contributed by atoms with van der Waals surface area (Å²) in [7, 11) is 0. The fraction of sp³-hybridized carbons (Fsp3) is 0.731. The molecular formula is C26H40N2O2. The summed E-state index contributed by atoms with van der Waals surface area (Å²) in [6.45, 7) is 2.99. The third kappa shape index (κ3) is 6.23. The number of hydrogen-bond acceptors (Lipinski definition) is 3. The van der Waals surface area contributed by atoms with E-state index >= 15 is 0 Å². The Kier molecular flexibility index (Phi) is 8.08. The van der Waals surface area contributed by atoms with Crippen molar-refractivity contribution in [3.8, 4) is 0 Å². The second-order valence-electron chi connectivity index (χ2n) is 9.83. The van der Waals surface area contributed by atoms with Crippen LogP contribution in [0.5, 0.6) is 0 Å². The van der Waals surface area contributed by atoms with Gasteiger partial charge in [-0.1, -0.05) is 68.9 Å². The average molecular weight is 413 g/mol. The first-order valence-electron chi connectivity index (χ1n) is 12.5. The zero-order valence-electron chi connectivity index (χ0n) is 18.6. The Morgan fingerprint density at radius 2 is 1.43 bits per heavy atom. The summed E-state index contributed by atoms with van der Waals surface area (Å²) in [6.07, 6.45) is 14.9. The highest BCUT2D eigenvalue weighted by Gasteiger charge is 2.33. The summed E-state index contributed by atoms with van der Waals surface area (Å²) in [5.74, 6) is 1.31. The smallest absolute Gasteiger partial charge is 0.407 e. The maximum Gasteiger partial charge on any atom is 0.407 e. The molecule has 166 valence electrons. The fourth-order valence-corrected chi connectivity index (χ4v) is 5.96. The minimum Gasteiger partial charge on any atom is -0.446 e. The Morgan fingerprint density at radius 3 is 2.00 bits per heavy atom. The lowest BCUT2D eigenvalue weighted by atomic mass is 9.74. The normalized spacial score (nSPS) is 22.8. The number of nitrogens with zero attached hydrogens (tertiary/aromatic N) is 1. The van der Waals surface area contributed by atoms with Crippen LogP contribution in [-0.2, 0) is 11.3 Å². The van der Waals surface area contributed by atoms with E-state index in [0.29, 0.717) is 17.9 Å². The van der Waals surface area contributed by atoms with E-state index in [0.717, 1.165) is 32.5 Å². The number of alkyl carbamates (subject to hydrolysis) is 1. The summed E-state index contributed by atoms with van der Waals surface area (Å²) < 4.78 is 5.93. The van der Waals surface area contributed by atoms with Gasteiger partial charge < -0.3 is 10.1 Å². The van der Waals surface area contributed by atoms with Crippen LogP contribution in [0, 0.1) is 11.8 Å². The van der Waals surface area contributed by atoms with E-state index < -0.39 is 0 Å². The van der Waals surface area contributed by atoms with Gasteiger partial charge in [0.25, 0.3) is 0 Å². The zero-order chi connectivity index (χ0) is 20.6. The molecule has 1 saturated heterocycles. The molecule has 1 aromatic rings. The van der Waals surface area contributed by atoms with Crippen LogP contribution in [-0.4, -0.2) is 36.2 Å². The average Bonchev–Trinajstić information content (AvgIpc) is 2.81. The number of hydrogen-bond donors (Lipinski definition) is 1. The molecule has 0 radical (unpaired) electrons. The van der Waals surface area contributed by atoms with Gasteiger partial charge in [0.2, 0.25) is 0 Å². The SMILES string of the molecule is O=C(NC(C1CCCCC1)C1CCCCC1)OC1CCN(Cc2ccccc2)CC1. The van der Waals surface area contributed by atoms with Crippen LogP contribution in [0.15, 0.2) is 30.3 Å². The summed E-state index contributed by atoms with van der Waals surface area (Å²) in [5, 5.41) is 3.38. The molecule has 2 saturated carbocycles. The van der Waals surface area contributed by atoms with E-state index in [4.69, 9.17) is 4.74 Å². The van der Waals surface area contributed by atoms with Crippen molar-refractivity contribution in [1.82, 2.24) is 10.2 Å². The number of rotatable bonds is 6. The summed E-state index contributed by atoms with van der Waals surface area (Å²) in [5.41, 5.74) is 1.36. The first-order valence-corrected chi connectivity index (χ1v) is 12.5. The monoisotopic (exact) mass is 412 g/mol. The zero-order valence-corrected chi connectivity index (χ0v) is 18.6. The topological polar surface area (TPSA) is 41.6 Å². The maximum atomic E-state index is 12.8. The predicted octanol–water partition coefficient (Wildman–Crippen LogP) is 5.91. The van der Waals surface area contributed by atoms with Crippen LogP contribution in [0.25, 0.3) is 0 Å². The van der Waals surface area contributed by atoms with Crippen molar-refractivity contribution in [1.29, 1.82) is 0 Å². The summed E-state index contributed by atoms with van der Waals surface area (Å²) in [6, 6.07) is 11.0. The first kappa shape index (κ1) is 21.7. The van der Waals surface area contributed by atoms with Crippen LogP contribution in [0.1, 0.15) is 82.6 Å². The Hall–Kier alpha value is -1.55. The van der Waals surface area contributed by atoms with E-state index in [1.807, 2.05) is 0 Å². The van der Waals surface area contributed by atoms with Gasteiger partial charge in [-0.25, -0.2) is 4.79 Å². The fourth-order valence-electron chi connectivity index (χ4n) is 5.96. The van der Waals surface area contributed by atoms with E-state index in [-0.39, 0.29) is 12.2 Å². The third-order valence-corrected chi connectivity index (χ3v) is 7.66. The molecule has 0 bridgehead atoms. The van der Waals surface area contributed by atoms with Crippen LogP contribution in [0.2, 0.25) is 0 Å². The Bertz CT molecular complexity index is 612. The molecule has 0 spiro atoms. The number of carbonyl (C=O) groups excluding carboxylic acids is 1. The summed E-state index contributed by atoms with van der Waals surface area (Å²) in [4.78, 5) is 15.3. The number of likely N-dealkylation sites (tertiary alicyclic amines) is 1. The van der Waals surface area contributed by atoms with Crippen LogP contribution < -0.4 is 5.32 Å². The lowest BCUT2D eigenvalue weighted by Crippen LogP contribution is -2.48. The number of nitrogens with one attached hydrogen (secondary N) is 1. The molecule has 0 atom stereocenters. The molecule has 3 aliphatic rings. The second-order valence-corrected chi connectivity index (χ2v) is 9.83. The first-order chi connectivity index (χ1) is 14.8. The van der Waals surface area contributed by atoms with Crippen molar-refractivity contribution >= 4 is 6.09 Å². The van der Waals surface area contributed by atoms with Gasteiger partial charge in [-0.05, 0) is 55.9 Å². The summed E-state index contributed by atoms with van der Waals surface area (Å²) >= 11 is 0. The van der Waals surface area contributed by atoms with Gasteiger partial charge in [-0.3, -0.25) is 4.90 Å². The lowest BCUT2D eigenvalue weighted by molar-refractivity contribution is 0.0413. The minimum absolute atomic E-state index is 0.0652. The molecule has 4 nitrogen and oxygen atoms in total. The predicted molar refractivity (Wildman–Crippen MR) is 121 cm³/mol. The number of benzene rings is 1. The van der Waals surface area contributed by atoms with E-state index in [2.05, 4.69) is 40.5 Å². The molecule has 0 unspecified atom stereocenters. The molecule has 1 N–H and O–H groups in total. The van der Waals surface area contributed by atoms with Gasteiger partial charge in [0.05, 0.1) is 0 Å². The van der Waals surface area contributed by atoms with Gasteiger partial charge in [-0.2, -0.15) is 0 Å². The highest BCUT2D eigenvalue weighted by Crippen LogP contribution is 2.35. The molecule has 4 rings (SSSR count). The van der Waals surface area contributed by atoms with Gasteiger partial charge in [0, 0.05) is 25.7 Å². The molecule has 2 aliphatic carbocycles. The highest BCUT2D eigenvalue weighted by atomic mass is 16.6. The van der Waals surface area contributed by atoms with Gasteiger partial charge >= 0.3 is 6.09 Å². The quantitative estimate of drug-likeness (QED) is 0.632. The number of ether oxygens (including phenoxy) is 1. The van der Waals surface area contributed by atoms with Crippen molar-refractivity contribution in [2.24, 2.45) is 11.8 Å². The van der Waals surface area contributed by atoms with Crippen LogP contribution in [0.3, 0.4) is 0 Å². The molecule has 4 heteroatoms. The molecule has 0 aromatic heterocycles. The maximum absolute atomic E-state index is 12.8. The molecule has 1 heterocycles. The van der Waals surface area contributed by atoms with Crippen molar-refractivity contribution in [2.45, 2.75) is 95.7 Å². The molecule has 3 fully saturated rings. The van der Waals surface area contributed by atoms with Gasteiger partial charge in [0.15, 0.2) is 0 Å². The molecule has 1 aliphatic heterocycles. The number of carbonyl (C=O) groups is 1. The van der Waals surface area contributed by atoms with Crippen molar-refractivity contribution in [3.63, 3.8) is 0 Å². The molecule has 1 amide bonds. The van der Waals surface area contributed by atoms with Crippen molar-refractivity contribution in [3.05, 3.63) is 35.9 Å². The standard InChI is InChI=1S/C26H40N2O2/c29-26(27-25(22-12-6-2-7-13-22)23-14-8-3-9-15-23)30-24-16-18-28(19-17-24)20-21-10-4-1-5-11-21/h1,4-5,10-11,22-25H,2-3,6-9,12-20H2,(H,27,29). The highest BCUT2D eigenvalue weighted by molar-refractivity contribution is 5.68. The van der Waals surface area contributed by atoms with Crippen molar-refractivity contribution < 1.29 is 9.53 Å². The van der Waals surface area contributed by atoms with Crippen LogP contribution >= 0.6 is 0 Å². The lowest BCUT2D eigenvalue weighted by Gasteiger charge is -2.38. The van der Waals surface area contributed by atoms with E-state index in [1.165, 1.54) is 69.8 Å². The van der Waals surface area contributed by atoms with E-state index in [9.17, 15) is 4.79 Å².